The largest absolute Gasteiger partial charge is 0.455 e. The number of para-hydroxylation sites is 1. The van der Waals surface area contributed by atoms with Crippen molar-refractivity contribution in [2.75, 3.05) is 0 Å². The number of furan rings is 1. The van der Waals surface area contributed by atoms with Crippen LogP contribution < -0.4 is 0 Å². The van der Waals surface area contributed by atoms with Crippen molar-refractivity contribution in [3.63, 3.8) is 0 Å². The summed E-state index contributed by atoms with van der Waals surface area (Å²) >= 11 is 0. The molecule has 2 heterocycles. The fourth-order valence-corrected chi connectivity index (χ4v) is 8.42. The maximum atomic E-state index is 7.10. The highest BCUT2D eigenvalue weighted by atomic mass is 16.3. The lowest BCUT2D eigenvalue weighted by Crippen LogP contribution is -2.03. The Kier molecular flexibility index (Phi) is 6.97. The van der Waals surface area contributed by atoms with Crippen LogP contribution in [0.1, 0.15) is 22.3 Å². The highest BCUT2D eigenvalue weighted by Gasteiger charge is 2.33. The molecule has 0 fully saturated rings. The minimum Gasteiger partial charge on any atom is -0.455 e. The molecule has 7 aromatic carbocycles. The molecule has 0 spiro atoms. The maximum absolute atomic E-state index is 7.10. The molecule has 246 valence electrons. The molecule has 0 unspecified atom stereocenters. The number of aromatic nitrogens is 3. The Morgan fingerprint density at radius 2 is 1.21 bits per heavy atom. The molecule has 52 heavy (non-hydrogen) atoms. The molecule has 1 aliphatic rings. The first kappa shape index (κ1) is 30.2. The molecular formula is C48H33N3O. The van der Waals surface area contributed by atoms with Crippen molar-refractivity contribution in [2.24, 2.45) is 0 Å². The van der Waals surface area contributed by atoms with E-state index in [1.54, 1.807) is 6.20 Å². The summed E-state index contributed by atoms with van der Waals surface area (Å²) in [6, 6.07) is 51.7. The van der Waals surface area contributed by atoms with E-state index in [0.29, 0.717) is 0 Å². The first-order valence-electron chi connectivity index (χ1n) is 17.7. The summed E-state index contributed by atoms with van der Waals surface area (Å²) in [7, 11) is 0. The monoisotopic (exact) mass is 667 g/mol. The van der Waals surface area contributed by atoms with E-state index in [4.69, 9.17) is 9.52 Å². The molecule has 4 nitrogen and oxygen atoms in total. The Balaban J connectivity index is 1.49. The fourth-order valence-electron chi connectivity index (χ4n) is 8.42. The normalized spacial score (nSPS) is 12.0. The zero-order chi connectivity index (χ0) is 34.8. The molecule has 0 saturated heterocycles. The third kappa shape index (κ3) is 4.58. The van der Waals surface area contributed by atoms with E-state index in [1.165, 1.54) is 38.9 Å². The summed E-state index contributed by atoms with van der Waals surface area (Å²) in [5.41, 5.74) is 20.1. The van der Waals surface area contributed by atoms with Gasteiger partial charge < -0.3 is 4.42 Å². The van der Waals surface area contributed by atoms with Crippen LogP contribution in [0.5, 0.6) is 0 Å². The lowest BCUT2D eigenvalue weighted by Gasteiger charge is -2.25. The molecule has 0 aliphatic heterocycles. The third-order valence-electron chi connectivity index (χ3n) is 10.8. The van der Waals surface area contributed by atoms with E-state index in [9.17, 15) is 0 Å². The van der Waals surface area contributed by atoms with Crippen molar-refractivity contribution >= 4 is 21.9 Å². The summed E-state index contributed by atoms with van der Waals surface area (Å²) in [6.07, 6.45) is 2.59. The fraction of sp³-hybridized carbons (Fsp3) is 0.0625. The maximum Gasteiger partial charge on any atom is 0.144 e. The Bertz CT molecular complexity index is 2820. The van der Waals surface area contributed by atoms with Gasteiger partial charge in [-0.25, -0.2) is 0 Å². The van der Waals surface area contributed by atoms with Gasteiger partial charge in [0.05, 0.1) is 11.9 Å². The molecule has 4 heteroatoms. The van der Waals surface area contributed by atoms with Crippen LogP contribution in [0.4, 0.5) is 0 Å². The van der Waals surface area contributed by atoms with Gasteiger partial charge >= 0.3 is 0 Å². The van der Waals surface area contributed by atoms with Gasteiger partial charge in [-0.05, 0) is 98.8 Å². The number of aryl methyl sites for hydroxylation is 1. The second-order valence-corrected chi connectivity index (χ2v) is 13.6. The number of nitrogens with zero attached hydrogens (tertiary/aromatic N) is 3. The SMILES string of the molecule is Cc1cc2c(c(-c3c(-c4ccnnn4)c(-c4ccccc4-c4ccccc4)c4c(oc5ccccc54)c3-c3ccccc3)c1C)Cc1ccccc1-2. The molecule has 0 N–H and O–H groups in total. The Morgan fingerprint density at radius 3 is 1.98 bits per heavy atom. The van der Waals surface area contributed by atoms with Crippen LogP contribution >= 0.6 is 0 Å². The van der Waals surface area contributed by atoms with Crippen LogP contribution in [-0.4, -0.2) is 15.4 Å². The zero-order valence-electron chi connectivity index (χ0n) is 28.9. The van der Waals surface area contributed by atoms with Crippen LogP contribution in [0.3, 0.4) is 0 Å². The van der Waals surface area contributed by atoms with E-state index in [-0.39, 0.29) is 0 Å². The van der Waals surface area contributed by atoms with Gasteiger partial charge in [0.1, 0.15) is 11.2 Å². The summed E-state index contributed by atoms with van der Waals surface area (Å²) in [5, 5.41) is 15.4. The standard InChI is InChI=1S/C48H33N3O/c1-29-27-38-35-21-10-9-19-33(35)28-39(38)42(30(29)2)47-43(32-17-7-4-8-18-32)48-45(37-23-13-14-24-41(37)52-48)44(46(47)40-25-26-49-51-50-40)36-22-12-11-20-34(36)31-15-5-3-6-16-31/h3-27H,28H2,1-2H3. The molecule has 2 aromatic heterocycles. The van der Waals surface area contributed by atoms with Crippen molar-refractivity contribution in [2.45, 2.75) is 20.3 Å². The summed E-state index contributed by atoms with van der Waals surface area (Å²) in [6.45, 7) is 4.50. The Morgan fingerprint density at radius 1 is 0.538 bits per heavy atom. The highest BCUT2D eigenvalue weighted by Crippen LogP contribution is 2.57. The van der Waals surface area contributed by atoms with Crippen molar-refractivity contribution in [3.8, 4) is 66.9 Å². The van der Waals surface area contributed by atoms with Crippen LogP contribution in [-0.2, 0) is 6.42 Å². The number of rotatable bonds is 5. The van der Waals surface area contributed by atoms with Gasteiger partial charge in [0.15, 0.2) is 0 Å². The quantitative estimate of drug-likeness (QED) is 0.183. The molecule has 10 rings (SSSR count). The summed E-state index contributed by atoms with van der Waals surface area (Å²) < 4.78 is 7.10. The van der Waals surface area contributed by atoms with Crippen molar-refractivity contribution < 1.29 is 4.42 Å². The van der Waals surface area contributed by atoms with Gasteiger partial charge in [-0.1, -0.05) is 133 Å². The lowest BCUT2D eigenvalue weighted by atomic mass is 9.77. The van der Waals surface area contributed by atoms with E-state index in [0.717, 1.165) is 78.6 Å². The average Bonchev–Trinajstić information content (AvgIpc) is 3.77. The Labute approximate surface area is 302 Å². The zero-order valence-corrected chi connectivity index (χ0v) is 28.9. The van der Waals surface area contributed by atoms with Crippen molar-refractivity contribution in [3.05, 3.63) is 174 Å². The van der Waals surface area contributed by atoms with Gasteiger partial charge in [0, 0.05) is 33.0 Å². The minimum atomic E-state index is 0.761. The van der Waals surface area contributed by atoms with Gasteiger partial charge in [-0.3, -0.25) is 0 Å². The van der Waals surface area contributed by atoms with Crippen LogP contribution in [0.25, 0.3) is 88.8 Å². The first-order valence-corrected chi connectivity index (χ1v) is 17.7. The molecule has 0 bridgehead atoms. The van der Waals surface area contributed by atoms with Gasteiger partial charge in [-0.2, -0.15) is 0 Å². The van der Waals surface area contributed by atoms with Gasteiger partial charge in [0.25, 0.3) is 0 Å². The van der Waals surface area contributed by atoms with E-state index in [2.05, 4.69) is 164 Å². The summed E-state index contributed by atoms with van der Waals surface area (Å²) in [5.74, 6) is 0. The number of benzene rings is 7. The second kappa shape index (κ2) is 12.0. The predicted octanol–water partition coefficient (Wildman–Crippen LogP) is 12.3. The molecule has 0 amide bonds. The van der Waals surface area contributed by atoms with Gasteiger partial charge in [0.2, 0.25) is 0 Å². The van der Waals surface area contributed by atoms with E-state index >= 15 is 0 Å². The summed E-state index contributed by atoms with van der Waals surface area (Å²) in [4.78, 5) is 0. The first-order chi connectivity index (χ1) is 25.7. The minimum absolute atomic E-state index is 0.761. The molecule has 9 aromatic rings. The molecule has 0 saturated carbocycles. The molecule has 1 aliphatic carbocycles. The van der Waals surface area contributed by atoms with Crippen LogP contribution in [0.2, 0.25) is 0 Å². The molecule has 0 atom stereocenters. The molecule has 0 radical (unpaired) electrons. The topological polar surface area (TPSA) is 51.8 Å². The lowest BCUT2D eigenvalue weighted by molar-refractivity contribution is 0.670. The number of hydrogen-bond acceptors (Lipinski definition) is 4. The molecular weight excluding hydrogens is 635 g/mol. The number of fused-ring (bicyclic) bond motifs is 6. The van der Waals surface area contributed by atoms with Gasteiger partial charge in [-0.15, -0.1) is 10.2 Å². The highest BCUT2D eigenvalue weighted by molar-refractivity contribution is 6.25. The van der Waals surface area contributed by atoms with Crippen molar-refractivity contribution in [1.82, 2.24) is 15.4 Å². The number of hydrogen-bond donors (Lipinski definition) is 0. The predicted molar refractivity (Wildman–Crippen MR) is 212 cm³/mol. The smallest absolute Gasteiger partial charge is 0.144 e. The van der Waals surface area contributed by atoms with Crippen LogP contribution in [0.15, 0.2) is 156 Å². The average molecular weight is 668 g/mol. The van der Waals surface area contributed by atoms with Crippen molar-refractivity contribution in [1.29, 1.82) is 0 Å². The van der Waals surface area contributed by atoms with E-state index < -0.39 is 0 Å². The van der Waals surface area contributed by atoms with Crippen LogP contribution in [0, 0.1) is 13.8 Å². The Hall–Kier alpha value is -6.65. The van der Waals surface area contributed by atoms with E-state index in [1.807, 2.05) is 6.07 Å². The third-order valence-corrected chi connectivity index (χ3v) is 10.8. The second-order valence-electron chi connectivity index (χ2n) is 13.6.